The van der Waals surface area contributed by atoms with Crippen molar-refractivity contribution in [3.05, 3.63) is 70.3 Å². The molecule has 2 saturated heterocycles. The standard InChI is InChI=1S/C22H19N3O8S/c26-16-12-34-21-18(23-17(27)11-32-15-4-2-1-3-5-15)20(28)24(21)19(16)22(29)33-10-13-6-8-14(9-7-13)25(30)31/h1-9,18-19,21H,10-12H2,(H,23,27)/t18?,19?,21-/m1/s1. The SMILES string of the molecule is O=C(COc1ccccc1)NC1C(=O)N2C(C(=O)OCc3ccc([N+](=O)[O-])cc3)C(=O)CS[C@H]12. The Hall–Kier alpha value is -3.93. The van der Waals surface area contributed by atoms with Gasteiger partial charge in [0.2, 0.25) is 5.91 Å². The van der Waals surface area contributed by atoms with Crippen molar-refractivity contribution in [3.8, 4) is 5.75 Å². The van der Waals surface area contributed by atoms with Crippen LogP contribution in [-0.4, -0.2) is 63.2 Å². The van der Waals surface area contributed by atoms with E-state index in [0.29, 0.717) is 11.3 Å². The van der Waals surface area contributed by atoms with Crippen LogP contribution < -0.4 is 10.1 Å². The molecule has 2 aromatic rings. The minimum absolute atomic E-state index is 0.0152. The number of carbonyl (C=O) groups is 4. The maximum Gasteiger partial charge on any atom is 0.337 e. The van der Waals surface area contributed by atoms with E-state index in [-0.39, 0.29) is 24.7 Å². The van der Waals surface area contributed by atoms with Gasteiger partial charge in [-0.1, -0.05) is 18.2 Å². The molecule has 2 aliphatic heterocycles. The van der Waals surface area contributed by atoms with Crippen LogP contribution in [0.15, 0.2) is 54.6 Å². The molecule has 4 rings (SSSR count). The third-order valence-electron chi connectivity index (χ3n) is 5.24. The van der Waals surface area contributed by atoms with Crippen molar-refractivity contribution in [2.75, 3.05) is 12.4 Å². The number of hydrogen-bond acceptors (Lipinski definition) is 9. The fourth-order valence-electron chi connectivity index (χ4n) is 3.54. The van der Waals surface area contributed by atoms with Gasteiger partial charge in [0.05, 0.1) is 10.7 Å². The number of thioether (sulfide) groups is 1. The van der Waals surface area contributed by atoms with Crippen LogP contribution in [0.1, 0.15) is 5.56 Å². The van der Waals surface area contributed by atoms with E-state index in [1.54, 1.807) is 24.3 Å². The number of rotatable bonds is 8. The third-order valence-corrected chi connectivity index (χ3v) is 6.53. The lowest BCUT2D eigenvalue weighted by Gasteiger charge is -2.51. The number of Topliss-reactive ketones (excluding diaryl/α,β-unsaturated/α-hetero) is 1. The van der Waals surface area contributed by atoms with Gasteiger partial charge in [-0.15, -0.1) is 11.8 Å². The molecule has 12 heteroatoms. The summed E-state index contributed by atoms with van der Waals surface area (Å²) in [4.78, 5) is 61.2. The molecule has 176 valence electrons. The lowest BCUT2D eigenvalue weighted by Crippen LogP contribution is -2.76. The topological polar surface area (TPSA) is 145 Å². The van der Waals surface area contributed by atoms with E-state index < -0.39 is 45.9 Å². The second-order valence-corrected chi connectivity index (χ2v) is 8.60. The summed E-state index contributed by atoms with van der Waals surface area (Å²) in [6.07, 6.45) is 0. The Morgan fingerprint density at radius 3 is 2.50 bits per heavy atom. The first-order valence-corrected chi connectivity index (χ1v) is 11.2. The molecular formula is C22H19N3O8S. The third kappa shape index (κ3) is 4.86. The first-order chi connectivity index (χ1) is 16.3. The Morgan fingerprint density at radius 2 is 1.82 bits per heavy atom. The number of β-lactam (4-membered cyclic amide) rings is 1. The van der Waals surface area contributed by atoms with Gasteiger partial charge in [-0.25, -0.2) is 4.79 Å². The molecule has 2 amide bonds. The molecule has 1 N–H and O–H groups in total. The minimum Gasteiger partial charge on any atom is -0.484 e. The first kappa shape index (κ1) is 23.2. The molecule has 2 aliphatic rings. The molecule has 3 atom stereocenters. The highest BCUT2D eigenvalue weighted by Gasteiger charge is 2.58. The number of carbonyl (C=O) groups excluding carboxylic acids is 4. The summed E-state index contributed by atoms with van der Waals surface area (Å²) in [6.45, 7) is -0.498. The normalized spacial score (nSPS) is 21.2. The number of amides is 2. The number of ketones is 1. The number of ether oxygens (including phenoxy) is 2. The van der Waals surface area contributed by atoms with Crippen molar-refractivity contribution in [2.24, 2.45) is 0 Å². The van der Waals surface area contributed by atoms with Crippen molar-refractivity contribution < 1.29 is 33.6 Å². The number of esters is 1. The molecule has 0 spiro atoms. The van der Waals surface area contributed by atoms with Crippen LogP contribution in [0.4, 0.5) is 5.69 Å². The highest BCUT2D eigenvalue weighted by atomic mass is 32.2. The Bertz CT molecular complexity index is 1120. The molecule has 0 aliphatic carbocycles. The van der Waals surface area contributed by atoms with E-state index in [1.807, 2.05) is 6.07 Å². The molecule has 2 unspecified atom stereocenters. The zero-order valence-corrected chi connectivity index (χ0v) is 18.4. The van der Waals surface area contributed by atoms with Gasteiger partial charge < -0.3 is 19.7 Å². The highest BCUT2D eigenvalue weighted by molar-refractivity contribution is 8.00. The molecule has 0 aromatic heterocycles. The number of para-hydroxylation sites is 1. The molecule has 2 heterocycles. The second-order valence-electron chi connectivity index (χ2n) is 7.49. The maximum atomic E-state index is 12.7. The summed E-state index contributed by atoms with van der Waals surface area (Å²) in [5.74, 6) is -1.93. The van der Waals surface area contributed by atoms with Gasteiger partial charge in [0.15, 0.2) is 18.4 Å². The Balaban J connectivity index is 1.32. The Morgan fingerprint density at radius 1 is 1.12 bits per heavy atom. The first-order valence-electron chi connectivity index (χ1n) is 10.2. The van der Waals surface area contributed by atoms with Crippen LogP contribution in [0.25, 0.3) is 0 Å². The number of nitrogens with zero attached hydrogens (tertiary/aromatic N) is 2. The molecular weight excluding hydrogens is 466 g/mol. The van der Waals surface area contributed by atoms with Gasteiger partial charge in [-0.05, 0) is 29.8 Å². The van der Waals surface area contributed by atoms with Crippen molar-refractivity contribution >= 4 is 41.0 Å². The van der Waals surface area contributed by atoms with E-state index >= 15 is 0 Å². The molecule has 0 bridgehead atoms. The van der Waals surface area contributed by atoms with Crippen molar-refractivity contribution in [1.29, 1.82) is 0 Å². The van der Waals surface area contributed by atoms with Crippen LogP contribution in [0, 0.1) is 10.1 Å². The molecule has 2 fully saturated rings. The Kier molecular flexibility index (Phi) is 6.77. The van der Waals surface area contributed by atoms with Crippen LogP contribution in [0.5, 0.6) is 5.75 Å². The van der Waals surface area contributed by atoms with Crippen LogP contribution >= 0.6 is 11.8 Å². The summed E-state index contributed by atoms with van der Waals surface area (Å²) in [5.41, 5.74) is 0.387. The van der Waals surface area contributed by atoms with E-state index in [2.05, 4.69) is 5.32 Å². The predicted octanol–water partition coefficient (Wildman–Crippen LogP) is 1.05. The Labute approximate surface area is 197 Å². The molecule has 0 saturated carbocycles. The fourth-order valence-corrected chi connectivity index (χ4v) is 4.80. The summed E-state index contributed by atoms with van der Waals surface area (Å²) in [7, 11) is 0. The quantitative estimate of drug-likeness (QED) is 0.191. The van der Waals surface area contributed by atoms with Gasteiger partial charge in [-0.2, -0.15) is 0 Å². The summed E-state index contributed by atoms with van der Waals surface area (Å²) >= 11 is 1.16. The van der Waals surface area contributed by atoms with Gasteiger partial charge in [-0.3, -0.25) is 24.5 Å². The van der Waals surface area contributed by atoms with Gasteiger partial charge in [0.25, 0.3) is 11.6 Å². The fraction of sp³-hybridized carbons (Fsp3) is 0.273. The van der Waals surface area contributed by atoms with E-state index in [0.717, 1.165) is 16.7 Å². The average molecular weight is 485 g/mol. The number of hydrogen-bond donors (Lipinski definition) is 1. The zero-order valence-electron chi connectivity index (χ0n) is 17.6. The smallest absolute Gasteiger partial charge is 0.337 e. The number of non-ortho nitro benzene ring substituents is 1. The largest absolute Gasteiger partial charge is 0.484 e. The number of nitrogens with one attached hydrogen (secondary N) is 1. The van der Waals surface area contributed by atoms with E-state index in [1.165, 1.54) is 24.3 Å². The number of fused-ring (bicyclic) bond motifs is 1. The number of benzene rings is 2. The van der Waals surface area contributed by atoms with Crippen LogP contribution in [-0.2, 0) is 30.5 Å². The zero-order chi connectivity index (χ0) is 24.2. The van der Waals surface area contributed by atoms with Gasteiger partial charge >= 0.3 is 5.97 Å². The molecule has 0 radical (unpaired) electrons. The van der Waals surface area contributed by atoms with E-state index in [9.17, 15) is 29.3 Å². The lowest BCUT2D eigenvalue weighted by atomic mass is 10.0. The minimum atomic E-state index is -1.40. The number of nitro groups is 1. The maximum absolute atomic E-state index is 12.7. The lowest BCUT2D eigenvalue weighted by molar-refractivity contribution is -0.384. The van der Waals surface area contributed by atoms with Gasteiger partial charge in [0.1, 0.15) is 23.8 Å². The van der Waals surface area contributed by atoms with Crippen LogP contribution in [0.2, 0.25) is 0 Å². The second kappa shape index (κ2) is 9.91. The predicted molar refractivity (Wildman–Crippen MR) is 119 cm³/mol. The summed E-state index contributed by atoms with van der Waals surface area (Å²) in [6, 6.07) is 11.9. The van der Waals surface area contributed by atoms with Crippen LogP contribution in [0.3, 0.4) is 0 Å². The van der Waals surface area contributed by atoms with E-state index in [4.69, 9.17) is 9.47 Å². The summed E-state index contributed by atoms with van der Waals surface area (Å²) in [5, 5.41) is 12.7. The average Bonchev–Trinajstić information content (AvgIpc) is 2.85. The van der Waals surface area contributed by atoms with Crippen molar-refractivity contribution in [2.45, 2.75) is 24.1 Å². The van der Waals surface area contributed by atoms with Gasteiger partial charge in [0, 0.05) is 12.1 Å². The van der Waals surface area contributed by atoms with Crippen molar-refractivity contribution in [1.82, 2.24) is 10.2 Å². The highest BCUT2D eigenvalue weighted by Crippen LogP contribution is 2.37. The molecule has 11 nitrogen and oxygen atoms in total. The number of nitro benzene ring substituents is 1. The monoisotopic (exact) mass is 485 g/mol. The summed E-state index contributed by atoms with van der Waals surface area (Å²) < 4.78 is 10.6. The molecule has 34 heavy (non-hydrogen) atoms. The molecule has 2 aromatic carbocycles. The van der Waals surface area contributed by atoms with Crippen molar-refractivity contribution in [3.63, 3.8) is 0 Å².